The topological polar surface area (TPSA) is 61.0 Å². The molecule has 0 aliphatic carbocycles. The van der Waals surface area contributed by atoms with Gasteiger partial charge < -0.3 is 15.2 Å². The average Bonchev–Trinajstić information content (AvgIpc) is 3.09. The minimum Gasteiger partial charge on any atom is -0.383 e. The van der Waals surface area contributed by atoms with Crippen LogP contribution < -0.4 is 5.32 Å². The maximum absolute atomic E-state index is 12.5. The molecule has 3 aromatic rings. The smallest absolute Gasteiger partial charge is 0.255 e. The predicted molar refractivity (Wildman–Crippen MR) is 107 cm³/mol. The molecule has 5 heteroatoms. The summed E-state index contributed by atoms with van der Waals surface area (Å²) in [6.07, 6.45) is 8.45. The van der Waals surface area contributed by atoms with Gasteiger partial charge in [-0.05, 0) is 30.5 Å². The van der Waals surface area contributed by atoms with Gasteiger partial charge in [-0.15, -0.1) is 0 Å². The van der Waals surface area contributed by atoms with Crippen molar-refractivity contribution in [3.8, 4) is 0 Å². The van der Waals surface area contributed by atoms with Gasteiger partial charge in [-0.1, -0.05) is 31.5 Å². The Hall–Kier alpha value is -2.82. The summed E-state index contributed by atoms with van der Waals surface area (Å²) >= 11 is 0. The fourth-order valence-corrected chi connectivity index (χ4v) is 3.05. The fraction of sp³-hybridized carbons (Fsp3) is 0.333. The average molecular weight is 350 g/mol. The highest BCUT2D eigenvalue weighted by molar-refractivity contribution is 5.94. The van der Waals surface area contributed by atoms with E-state index in [0.717, 1.165) is 43.6 Å². The van der Waals surface area contributed by atoms with E-state index in [1.54, 1.807) is 17.3 Å². The number of carbonyl (C=O) groups excluding carboxylic acids is 1. The van der Waals surface area contributed by atoms with Crippen molar-refractivity contribution in [3.63, 3.8) is 0 Å². The normalized spacial score (nSPS) is 10.8. The Morgan fingerprint density at radius 2 is 2.12 bits per heavy atom. The quantitative estimate of drug-likeness (QED) is 0.643. The van der Waals surface area contributed by atoms with E-state index >= 15 is 0 Å². The van der Waals surface area contributed by atoms with E-state index in [0.29, 0.717) is 5.56 Å². The van der Waals surface area contributed by atoms with E-state index in [1.807, 2.05) is 19.2 Å². The summed E-state index contributed by atoms with van der Waals surface area (Å²) in [7, 11) is 1.84. The molecular weight excluding hydrogens is 324 g/mol. The highest BCUT2D eigenvalue weighted by atomic mass is 16.2. The molecule has 2 aromatic heterocycles. The lowest BCUT2D eigenvalue weighted by Crippen LogP contribution is -2.27. The minimum atomic E-state index is 0.0197. The third kappa shape index (κ3) is 4.23. The summed E-state index contributed by atoms with van der Waals surface area (Å²) in [5.41, 5.74) is 3.94. The number of hydrogen-bond donors (Lipinski definition) is 2. The van der Waals surface area contributed by atoms with Crippen molar-refractivity contribution in [1.82, 2.24) is 14.9 Å². The van der Waals surface area contributed by atoms with Gasteiger partial charge in [-0.3, -0.25) is 9.78 Å². The molecule has 0 fully saturated rings. The van der Waals surface area contributed by atoms with Crippen molar-refractivity contribution in [1.29, 1.82) is 0 Å². The first-order valence-electron chi connectivity index (χ1n) is 9.18. The van der Waals surface area contributed by atoms with Gasteiger partial charge in [0.1, 0.15) is 0 Å². The molecule has 5 nitrogen and oxygen atoms in total. The number of amides is 1. The summed E-state index contributed by atoms with van der Waals surface area (Å²) in [6.45, 7) is 3.68. The van der Waals surface area contributed by atoms with Gasteiger partial charge >= 0.3 is 0 Å². The van der Waals surface area contributed by atoms with Crippen molar-refractivity contribution in [2.45, 2.75) is 26.2 Å². The number of hydrogen-bond acceptors (Lipinski definition) is 3. The highest BCUT2D eigenvalue weighted by Gasteiger charge is 2.12. The van der Waals surface area contributed by atoms with Crippen LogP contribution in [0.2, 0.25) is 0 Å². The first kappa shape index (κ1) is 18.0. The SMILES string of the molecule is CCCCN(C)C(=O)c1cncc(NCCc2c[nH]c3ccccc23)c1. The second-order valence-corrected chi connectivity index (χ2v) is 6.58. The summed E-state index contributed by atoms with van der Waals surface area (Å²) in [5.74, 6) is 0.0197. The highest BCUT2D eigenvalue weighted by Crippen LogP contribution is 2.18. The molecule has 0 saturated carbocycles. The molecule has 0 unspecified atom stereocenters. The van der Waals surface area contributed by atoms with Gasteiger partial charge in [0.25, 0.3) is 5.91 Å². The first-order chi connectivity index (χ1) is 12.7. The maximum Gasteiger partial charge on any atom is 0.255 e. The third-order valence-electron chi connectivity index (χ3n) is 4.58. The summed E-state index contributed by atoms with van der Waals surface area (Å²) in [4.78, 5) is 21.7. The van der Waals surface area contributed by atoms with E-state index < -0.39 is 0 Å². The van der Waals surface area contributed by atoms with Crippen LogP contribution in [0.1, 0.15) is 35.7 Å². The molecule has 1 aromatic carbocycles. The summed E-state index contributed by atoms with van der Waals surface area (Å²) in [5, 5.41) is 4.64. The lowest BCUT2D eigenvalue weighted by atomic mass is 10.1. The molecule has 0 aliphatic heterocycles. The van der Waals surface area contributed by atoms with Crippen LogP contribution in [0, 0.1) is 0 Å². The number of H-pyrrole nitrogens is 1. The Morgan fingerprint density at radius 1 is 1.27 bits per heavy atom. The molecule has 0 aliphatic rings. The summed E-state index contributed by atoms with van der Waals surface area (Å²) in [6, 6.07) is 10.2. The number of aromatic nitrogens is 2. The van der Waals surface area contributed by atoms with Gasteiger partial charge in [0, 0.05) is 49.6 Å². The van der Waals surface area contributed by atoms with Gasteiger partial charge in [-0.2, -0.15) is 0 Å². The second-order valence-electron chi connectivity index (χ2n) is 6.58. The predicted octanol–water partition coefficient (Wildman–Crippen LogP) is 4.09. The first-order valence-corrected chi connectivity index (χ1v) is 9.18. The third-order valence-corrected chi connectivity index (χ3v) is 4.58. The van der Waals surface area contributed by atoms with Gasteiger partial charge in [0.15, 0.2) is 0 Å². The van der Waals surface area contributed by atoms with E-state index in [9.17, 15) is 4.79 Å². The number of nitrogens with zero attached hydrogens (tertiary/aromatic N) is 2. The standard InChI is InChI=1S/C21H26N4O/c1-3-4-11-25(2)21(26)17-12-18(15-22-13-17)23-10-9-16-14-24-20-8-6-5-7-19(16)20/h5-8,12-15,23-24H,3-4,9-11H2,1-2H3. The zero-order valence-corrected chi connectivity index (χ0v) is 15.5. The Morgan fingerprint density at radius 3 is 2.96 bits per heavy atom. The number of anilines is 1. The number of carbonyl (C=O) groups is 1. The Kier molecular flexibility index (Phi) is 5.89. The number of unbranched alkanes of at least 4 members (excludes halogenated alkanes) is 1. The van der Waals surface area contributed by atoms with Crippen LogP contribution >= 0.6 is 0 Å². The Labute approximate surface area is 154 Å². The van der Waals surface area contributed by atoms with Gasteiger partial charge in [0.05, 0.1) is 11.3 Å². The van der Waals surface area contributed by atoms with Crippen molar-refractivity contribution < 1.29 is 4.79 Å². The zero-order chi connectivity index (χ0) is 18.4. The molecular formula is C21H26N4O. The van der Waals surface area contributed by atoms with Crippen molar-refractivity contribution in [2.24, 2.45) is 0 Å². The lowest BCUT2D eigenvalue weighted by molar-refractivity contribution is 0.0793. The number of fused-ring (bicyclic) bond motifs is 1. The number of aromatic amines is 1. The molecule has 0 spiro atoms. The second kappa shape index (κ2) is 8.52. The monoisotopic (exact) mass is 350 g/mol. The van der Waals surface area contributed by atoms with Crippen LogP contribution in [-0.2, 0) is 6.42 Å². The number of nitrogens with one attached hydrogen (secondary N) is 2. The fourth-order valence-electron chi connectivity index (χ4n) is 3.05. The lowest BCUT2D eigenvalue weighted by Gasteiger charge is -2.17. The number of benzene rings is 1. The van der Waals surface area contributed by atoms with Crippen LogP contribution in [0.15, 0.2) is 48.9 Å². The number of rotatable bonds is 8. The van der Waals surface area contributed by atoms with E-state index in [4.69, 9.17) is 0 Å². The number of para-hydroxylation sites is 1. The van der Waals surface area contributed by atoms with Crippen LogP contribution in [0.3, 0.4) is 0 Å². The number of pyridine rings is 1. The van der Waals surface area contributed by atoms with Gasteiger partial charge in [-0.25, -0.2) is 0 Å². The van der Waals surface area contributed by atoms with E-state index in [1.165, 1.54) is 10.9 Å². The molecule has 3 rings (SSSR count). The zero-order valence-electron chi connectivity index (χ0n) is 15.5. The minimum absolute atomic E-state index is 0.0197. The molecule has 136 valence electrons. The molecule has 0 saturated heterocycles. The van der Waals surface area contributed by atoms with Crippen LogP contribution in [-0.4, -0.2) is 40.9 Å². The van der Waals surface area contributed by atoms with Crippen LogP contribution in [0.4, 0.5) is 5.69 Å². The molecule has 0 radical (unpaired) electrons. The van der Waals surface area contributed by atoms with Gasteiger partial charge in [0.2, 0.25) is 0 Å². The molecule has 1 amide bonds. The summed E-state index contributed by atoms with van der Waals surface area (Å²) < 4.78 is 0. The van der Waals surface area contributed by atoms with Crippen molar-refractivity contribution >= 4 is 22.5 Å². The van der Waals surface area contributed by atoms with Crippen LogP contribution in [0.5, 0.6) is 0 Å². The molecule has 2 N–H and O–H groups in total. The maximum atomic E-state index is 12.5. The molecule has 2 heterocycles. The largest absolute Gasteiger partial charge is 0.383 e. The molecule has 0 atom stereocenters. The van der Waals surface area contributed by atoms with E-state index in [2.05, 4.69) is 46.6 Å². The Balaban J connectivity index is 1.59. The van der Waals surface area contributed by atoms with Crippen molar-refractivity contribution in [2.75, 3.05) is 25.5 Å². The van der Waals surface area contributed by atoms with E-state index in [-0.39, 0.29) is 5.91 Å². The van der Waals surface area contributed by atoms with Crippen LogP contribution in [0.25, 0.3) is 10.9 Å². The molecule has 0 bridgehead atoms. The van der Waals surface area contributed by atoms with Crippen molar-refractivity contribution in [3.05, 3.63) is 60.0 Å². The molecule has 26 heavy (non-hydrogen) atoms. The Bertz CT molecular complexity index is 871.